The highest BCUT2D eigenvalue weighted by atomic mass is 32.2. The van der Waals surface area contributed by atoms with Crippen LogP contribution in [0, 0.1) is 5.92 Å². The largest absolute Gasteiger partial charge is 0.465 e. The van der Waals surface area contributed by atoms with E-state index in [1.54, 1.807) is 13.8 Å². The lowest BCUT2D eigenvalue weighted by Gasteiger charge is -2.38. The summed E-state index contributed by atoms with van der Waals surface area (Å²) in [6.07, 6.45) is 0.987. The van der Waals surface area contributed by atoms with Crippen molar-refractivity contribution in [3.05, 3.63) is 0 Å². The van der Waals surface area contributed by atoms with E-state index in [2.05, 4.69) is 33.9 Å². The quantitative estimate of drug-likeness (QED) is 0.433. The first-order chi connectivity index (χ1) is 12.5. The van der Waals surface area contributed by atoms with Crippen molar-refractivity contribution >= 4 is 24.5 Å². The van der Waals surface area contributed by atoms with Crippen LogP contribution in [0.1, 0.15) is 47.5 Å². The molecule has 1 aliphatic rings. The maximum Gasteiger partial charge on any atom is 0.409 e. The van der Waals surface area contributed by atoms with Crippen LogP contribution in [0.2, 0.25) is 18.1 Å². The topological polar surface area (TPSA) is 102 Å². The molecule has 1 aliphatic heterocycles. The highest BCUT2D eigenvalue weighted by molar-refractivity contribution is 7.85. The van der Waals surface area contributed by atoms with Crippen molar-refractivity contribution in [2.24, 2.45) is 5.92 Å². The fourth-order valence-corrected chi connectivity index (χ4v) is 4.49. The van der Waals surface area contributed by atoms with Gasteiger partial charge in [-0.15, -0.1) is 0 Å². The molecule has 0 aromatic heterocycles. The SMILES string of the molecule is CC1(C)OCC(CC(CCOS(C)(=O)=O)CO[Si](C)(C)C(C)(C)C)N1C(=O)O. The van der Waals surface area contributed by atoms with Gasteiger partial charge in [0.2, 0.25) is 0 Å². The van der Waals surface area contributed by atoms with E-state index in [1.165, 1.54) is 4.90 Å². The van der Waals surface area contributed by atoms with Gasteiger partial charge in [-0.1, -0.05) is 20.8 Å². The zero-order valence-corrected chi connectivity index (χ0v) is 20.3. The molecule has 0 spiro atoms. The predicted octanol–water partition coefficient (Wildman–Crippen LogP) is 3.50. The van der Waals surface area contributed by atoms with Gasteiger partial charge in [0.1, 0.15) is 5.72 Å². The van der Waals surface area contributed by atoms with E-state index in [-0.39, 0.29) is 23.6 Å². The average molecular weight is 440 g/mol. The van der Waals surface area contributed by atoms with Crippen LogP contribution in [0.15, 0.2) is 0 Å². The third-order valence-electron chi connectivity index (χ3n) is 5.70. The molecule has 1 N–H and O–H groups in total. The Morgan fingerprint density at radius 3 is 2.39 bits per heavy atom. The zero-order valence-electron chi connectivity index (χ0n) is 18.4. The fraction of sp³-hybridized carbons (Fsp3) is 0.944. The molecule has 1 fully saturated rings. The fourth-order valence-electron chi connectivity index (χ4n) is 3.01. The number of hydrogen-bond donors (Lipinski definition) is 1. The molecule has 0 aliphatic carbocycles. The Morgan fingerprint density at radius 2 is 1.93 bits per heavy atom. The highest BCUT2D eigenvalue weighted by Crippen LogP contribution is 2.38. The van der Waals surface area contributed by atoms with Crippen LogP contribution < -0.4 is 0 Å². The number of rotatable bonds is 9. The number of amides is 1. The summed E-state index contributed by atoms with van der Waals surface area (Å²) in [6.45, 7) is 15.0. The summed E-state index contributed by atoms with van der Waals surface area (Å²) in [5.74, 6) is -0.0415. The van der Waals surface area contributed by atoms with E-state index < -0.39 is 30.3 Å². The van der Waals surface area contributed by atoms with Crippen molar-refractivity contribution in [2.45, 2.75) is 77.4 Å². The maximum atomic E-state index is 11.7. The number of nitrogens with zero attached hydrogens (tertiary/aromatic N) is 1. The Morgan fingerprint density at radius 1 is 1.36 bits per heavy atom. The Hall–Kier alpha value is -0.683. The minimum absolute atomic E-state index is 0.0415. The van der Waals surface area contributed by atoms with Gasteiger partial charge in [0.05, 0.1) is 25.5 Å². The monoisotopic (exact) mass is 439 g/mol. The van der Waals surface area contributed by atoms with Gasteiger partial charge in [-0.25, -0.2) is 4.79 Å². The zero-order chi connectivity index (χ0) is 22.0. The van der Waals surface area contributed by atoms with E-state index in [9.17, 15) is 18.3 Å². The standard InChI is InChI=1S/C18H37NO7SSi/c1-17(2,3)28(7,8)26-12-14(9-10-25-27(6,22)23)11-15-13-24-18(4,5)19(15)16(20)21/h14-15H,9-13H2,1-8H3,(H,20,21). The van der Waals surface area contributed by atoms with Crippen LogP contribution in [0.25, 0.3) is 0 Å². The Bertz CT molecular complexity index is 643. The Kier molecular flexibility index (Phi) is 8.14. The number of ether oxygens (including phenoxy) is 1. The third-order valence-corrected chi connectivity index (χ3v) is 10.8. The van der Waals surface area contributed by atoms with Crippen molar-refractivity contribution in [3.8, 4) is 0 Å². The first-order valence-corrected chi connectivity index (χ1v) is 14.3. The lowest BCUT2D eigenvalue weighted by molar-refractivity contribution is -0.0426. The molecule has 10 heteroatoms. The summed E-state index contributed by atoms with van der Waals surface area (Å²) < 4.78 is 39.5. The molecule has 0 radical (unpaired) electrons. The lowest BCUT2D eigenvalue weighted by Crippen LogP contribution is -2.48. The second-order valence-corrected chi connectivity index (χ2v) is 16.0. The molecule has 8 nitrogen and oxygen atoms in total. The molecule has 1 heterocycles. The van der Waals surface area contributed by atoms with Crippen LogP contribution in [-0.4, -0.2) is 70.7 Å². The van der Waals surface area contributed by atoms with Gasteiger partial charge in [-0.05, 0) is 50.7 Å². The van der Waals surface area contributed by atoms with E-state index in [1.807, 2.05) is 0 Å². The maximum absolute atomic E-state index is 11.7. The Balaban J connectivity index is 2.87. The van der Waals surface area contributed by atoms with Crippen LogP contribution >= 0.6 is 0 Å². The number of carbonyl (C=O) groups is 1. The summed E-state index contributed by atoms with van der Waals surface area (Å²) in [6, 6.07) is -0.307. The molecular weight excluding hydrogens is 402 g/mol. The first kappa shape index (κ1) is 25.4. The van der Waals surface area contributed by atoms with E-state index >= 15 is 0 Å². The molecule has 28 heavy (non-hydrogen) atoms. The van der Waals surface area contributed by atoms with Gasteiger partial charge in [-0.2, -0.15) is 8.42 Å². The van der Waals surface area contributed by atoms with Crippen LogP contribution in [0.5, 0.6) is 0 Å². The van der Waals surface area contributed by atoms with Gasteiger partial charge < -0.3 is 14.3 Å². The van der Waals surface area contributed by atoms with Gasteiger partial charge in [0.15, 0.2) is 8.32 Å². The van der Waals surface area contributed by atoms with E-state index in [0.29, 0.717) is 26.1 Å². The van der Waals surface area contributed by atoms with Crippen LogP contribution in [0.4, 0.5) is 4.79 Å². The van der Waals surface area contributed by atoms with Gasteiger partial charge in [0.25, 0.3) is 10.1 Å². The molecule has 2 unspecified atom stereocenters. The van der Waals surface area contributed by atoms with Crippen molar-refractivity contribution in [1.82, 2.24) is 4.90 Å². The number of hydrogen-bond acceptors (Lipinski definition) is 6. The molecule has 0 aromatic carbocycles. The molecule has 1 amide bonds. The normalized spacial score (nSPS) is 21.7. The average Bonchev–Trinajstić information content (AvgIpc) is 2.76. The molecule has 166 valence electrons. The van der Waals surface area contributed by atoms with Crippen LogP contribution in [0.3, 0.4) is 0 Å². The summed E-state index contributed by atoms with van der Waals surface area (Å²) >= 11 is 0. The first-order valence-electron chi connectivity index (χ1n) is 9.61. The van der Waals surface area contributed by atoms with Gasteiger partial charge in [0, 0.05) is 6.61 Å². The van der Waals surface area contributed by atoms with E-state index in [0.717, 1.165) is 6.26 Å². The second-order valence-electron chi connectivity index (χ2n) is 9.55. The molecule has 0 saturated carbocycles. The molecule has 2 atom stereocenters. The smallest absolute Gasteiger partial charge is 0.409 e. The molecule has 1 rings (SSSR count). The molecular formula is C18H37NO7SSi. The second kappa shape index (κ2) is 8.99. The highest BCUT2D eigenvalue weighted by Gasteiger charge is 2.45. The lowest BCUT2D eigenvalue weighted by atomic mass is 9.97. The molecule has 0 aromatic rings. The summed E-state index contributed by atoms with van der Waals surface area (Å²) in [4.78, 5) is 13.1. The molecule has 1 saturated heterocycles. The summed E-state index contributed by atoms with van der Waals surface area (Å²) in [7, 11) is -5.50. The van der Waals surface area contributed by atoms with Crippen molar-refractivity contribution in [3.63, 3.8) is 0 Å². The minimum Gasteiger partial charge on any atom is -0.465 e. The van der Waals surface area contributed by atoms with Crippen molar-refractivity contribution in [2.75, 3.05) is 26.1 Å². The predicted molar refractivity (Wildman–Crippen MR) is 110 cm³/mol. The Labute approximate surface area is 170 Å². The summed E-state index contributed by atoms with van der Waals surface area (Å²) in [5, 5.41) is 9.65. The van der Waals surface area contributed by atoms with Crippen molar-refractivity contribution < 1.29 is 31.7 Å². The van der Waals surface area contributed by atoms with Gasteiger partial charge in [-0.3, -0.25) is 9.08 Å². The third kappa shape index (κ3) is 7.29. The van der Waals surface area contributed by atoms with E-state index in [4.69, 9.17) is 13.3 Å². The van der Waals surface area contributed by atoms with Gasteiger partial charge >= 0.3 is 6.09 Å². The van der Waals surface area contributed by atoms with Crippen molar-refractivity contribution in [1.29, 1.82) is 0 Å². The minimum atomic E-state index is -3.52. The summed E-state index contributed by atoms with van der Waals surface area (Å²) in [5.41, 5.74) is -0.884. The van der Waals surface area contributed by atoms with Crippen LogP contribution in [-0.2, 0) is 23.5 Å². The number of carboxylic acid groups (broad SMARTS) is 1. The molecule has 0 bridgehead atoms.